The lowest BCUT2D eigenvalue weighted by molar-refractivity contribution is 0.547. The van der Waals surface area contributed by atoms with Crippen LogP contribution < -0.4 is 10.2 Å². The van der Waals surface area contributed by atoms with Crippen LogP contribution in [0.25, 0.3) is 0 Å². The minimum absolute atomic E-state index is 0.244. The lowest BCUT2D eigenvalue weighted by Crippen LogP contribution is -2.30. The van der Waals surface area contributed by atoms with Crippen LogP contribution in [-0.4, -0.2) is 24.1 Å². The number of nitrogens with zero attached hydrogens (tertiary/aromatic N) is 2. The van der Waals surface area contributed by atoms with Crippen molar-refractivity contribution in [2.45, 2.75) is 59.0 Å². The summed E-state index contributed by atoms with van der Waals surface area (Å²) in [4.78, 5) is 6.79. The average molecular weight is 293 g/mol. The van der Waals surface area contributed by atoms with Crippen LogP contribution in [0.15, 0.2) is 12.3 Å². The van der Waals surface area contributed by atoms with Crippen molar-refractivity contribution < 1.29 is 4.39 Å². The van der Waals surface area contributed by atoms with Gasteiger partial charge < -0.3 is 10.2 Å². The summed E-state index contributed by atoms with van der Waals surface area (Å²) in [5, 5.41) is 3.41. The van der Waals surface area contributed by atoms with Gasteiger partial charge in [0.25, 0.3) is 0 Å². The van der Waals surface area contributed by atoms with Crippen LogP contribution in [0.5, 0.6) is 0 Å². The zero-order valence-corrected chi connectivity index (χ0v) is 13.5. The molecule has 1 aromatic heterocycles. The largest absolute Gasteiger partial charge is 0.353 e. The Balaban J connectivity index is 2.11. The van der Waals surface area contributed by atoms with Gasteiger partial charge in [0.15, 0.2) is 0 Å². The smallest absolute Gasteiger partial charge is 0.141 e. The van der Waals surface area contributed by atoms with Crippen LogP contribution in [-0.2, 0) is 6.54 Å². The highest BCUT2D eigenvalue weighted by atomic mass is 19.1. The summed E-state index contributed by atoms with van der Waals surface area (Å²) >= 11 is 0. The topological polar surface area (TPSA) is 28.2 Å². The van der Waals surface area contributed by atoms with Crippen molar-refractivity contribution >= 4 is 5.82 Å². The molecule has 0 aromatic carbocycles. The van der Waals surface area contributed by atoms with E-state index in [1.165, 1.54) is 25.5 Å². The molecule has 0 unspecified atom stereocenters. The Kier molecular flexibility index (Phi) is 5.97. The molecule has 1 aliphatic carbocycles. The normalized spacial score (nSPS) is 14.7. The molecule has 1 N–H and O–H groups in total. The number of rotatable bonds is 9. The van der Waals surface area contributed by atoms with Gasteiger partial charge in [0.2, 0.25) is 0 Å². The second-order valence-electron chi connectivity index (χ2n) is 6.44. The fourth-order valence-corrected chi connectivity index (χ4v) is 2.53. The maximum atomic E-state index is 13.6. The molecule has 118 valence electrons. The average Bonchev–Trinajstić information content (AvgIpc) is 3.25. The van der Waals surface area contributed by atoms with Crippen molar-refractivity contribution in [3.8, 4) is 0 Å². The van der Waals surface area contributed by atoms with E-state index in [1.807, 2.05) is 0 Å². The standard InChI is InChI=1S/C17H28FN3/c1-4-5-8-21(16-6-7-16)17-14(9-15(18)12-20-17)11-19-10-13(2)3/h9,12-13,16,19H,4-8,10-11H2,1-3H3. The third kappa shape index (κ3) is 4.95. The Bertz CT molecular complexity index is 444. The number of hydrogen-bond donors (Lipinski definition) is 1. The maximum Gasteiger partial charge on any atom is 0.141 e. The molecule has 3 nitrogen and oxygen atoms in total. The number of aromatic nitrogens is 1. The summed E-state index contributed by atoms with van der Waals surface area (Å²) in [5.74, 6) is 1.32. The molecule has 1 fully saturated rings. The molecule has 2 rings (SSSR count). The van der Waals surface area contributed by atoms with Gasteiger partial charge in [-0.25, -0.2) is 9.37 Å². The van der Waals surface area contributed by atoms with Crippen molar-refractivity contribution in [3.63, 3.8) is 0 Å². The lowest BCUT2D eigenvalue weighted by Gasteiger charge is -2.26. The molecule has 1 aromatic rings. The van der Waals surface area contributed by atoms with Gasteiger partial charge in [-0.3, -0.25) is 0 Å². The summed E-state index contributed by atoms with van der Waals surface area (Å²) in [6.07, 6.45) is 6.16. The van der Waals surface area contributed by atoms with Crippen LogP contribution >= 0.6 is 0 Å². The number of pyridine rings is 1. The Morgan fingerprint density at radius 1 is 1.43 bits per heavy atom. The Morgan fingerprint density at radius 3 is 2.81 bits per heavy atom. The van der Waals surface area contributed by atoms with E-state index in [-0.39, 0.29) is 5.82 Å². The molecule has 1 heterocycles. The first kappa shape index (κ1) is 16.2. The van der Waals surface area contributed by atoms with E-state index < -0.39 is 0 Å². The SMILES string of the molecule is CCCCN(c1ncc(F)cc1CNCC(C)C)C1CC1. The highest BCUT2D eigenvalue weighted by molar-refractivity contribution is 5.49. The minimum atomic E-state index is -0.244. The molecule has 1 saturated carbocycles. The third-order valence-electron chi connectivity index (χ3n) is 3.79. The number of nitrogens with one attached hydrogen (secondary N) is 1. The first-order chi connectivity index (χ1) is 10.1. The van der Waals surface area contributed by atoms with Crippen molar-refractivity contribution in [1.82, 2.24) is 10.3 Å². The predicted octanol–water partition coefficient (Wildman–Crippen LogP) is 3.74. The monoisotopic (exact) mass is 293 g/mol. The van der Waals surface area contributed by atoms with Gasteiger partial charge in [-0.1, -0.05) is 27.2 Å². The fraction of sp³-hybridized carbons (Fsp3) is 0.706. The molecule has 4 heteroatoms. The summed E-state index contributed by atoms with van der Waals surface area (Å²) in [6.45, 7) is 9.21. The second kappa shape index (κ2) is 7.74. The second-order valence-corrected chi connectivity index (χ2v) is 6.44. The van der Waals surface area contributed by atoms with E-state index in [4.69, 9.17) is 0 Å². The maximum absolute atomic E-state index is 13.6. The minimum Gasteiger partial charge on any atom is -0.353 e. The van der Waals surface area contributed by atoms with Gasteiger partial charge in [0, 0.05) is 24.7 Å². The molecule has 0 amide bonds. The molecule has 0 spiro atoms. The van der Waals surface area contributed by atoms with Crippen LogP contribution in [0.1, 0.15) is 52.0 Å². The first-order valence-electron chi connectivity index (χ1n) is 8.23. The highest BCUT2D eigenvalue weighted by Gasteiger charge is 2.30. The van der Waals surface area contributed by atoms with E-state index in [0.717, 1.165) is 30.9 Å². The van der Waals surface area contributed by atoms with Crippen molar-refractivity contribution in [2.75, 3.05) is 18.0 Å². The van der Waals surface area contributed by atoms with E-state index in [2.05, 4.69) is 36.0 Å². The van der Waals surface area contributed by atoms with Gasteiger partial charge in [0.1, 0.15) is 11.6 Å². The van der Waals surface area contributed by atoms with Gasteiger partial charge in [-0.15, -0.1) is 0 Å². The van der Waals surface area contributed by atoms with Gasteiger partial charge >= 0.3 is 0 Å². The lowest BCUT2D eigenvalue weighted by atomic mass is 10.2. The van der Waals surface area contributed by atoms with E-state index in [0.29, 0.717) is 18.5 Å². The summed E-state index contributed by atoms with van der Waals surface area (Å²) < 4.78 is 13.6. The molecule has 0 atom stereocenters. The molecular formula is C17H28FN3. The van der Waals surface area contributed by atoms with Gasteiger partial charge in [-0.05, 0) is 37.8 Å². The number of hydrogen-bond acceptors (Lipinski definition) is 3. The quantitative estimate of drug-likeness (QED) is 0.752. The number of anilines is 1. The van der Waals surface area contributed by atoms with Crippen LogP contribution in [0, 0.1) is 11.7 Å². The summed E-state index contributed by atoms with van der Waals surface area (Å²) in [6, 6.07) is 2.25. The zero-order chi connectivity index (χ0) is 15.2. The van der Waals surface area contributed by atoms with E-state index >= 15 is 0 Å². The zero-order valence-electron chi connectivity index (χ0n) is 13.5. The summed E-state index contributed by atoms with van der Waals surface area (Å²) in [7, 11) is 0. The summed E-state index contributed by atoms with van der Waals surface area (Å²) in [5.41, 5.74) is 0.985. The van der Waals surface area contributed by atoms with E-state index in [1.54, 1.807) is 6.07 Å². The van der Waals surface area contributed by atoms with E-state index in [9.17, 15) is 4.39 Å². The highest BCUT2D eigenvalue weighted by Crippen LogP contribution is 2.32. The van der Waals surface area contributed by atoms with Crippen molar-refractivity contribution in [1.29, 1.82) is 0 Å². The number of halogens is 1. The molecule has 0 bridgehead atoms. The molecule has 21 heavy (non-hydrogen) atoms. The van der Waals surface area contributed by atoms with Crippen LogP contribution in [0.3, 0.4) is 0 Å². The Hall–Kier alpha value is -1.16. The predicted molar refractivity (Wildman–Crippen MR) is 86.0 cm³/mol. The van der Waals surface area contributed by atoms with Crippen LogP contribution in [0.2, 0.25) is 0 Å². The Labute approximate surface area is 127 Å². The van der Waals surface area contributed by atoms with Crippen molar-refractivity contribution in [2.24, 2.45) is 5.92 Å². The van der Waals surface area contributed by atoms with Gasteiger partial charge in [-0.2, -0.15) is 0 Å². The first-order valence-corrected chi connectivity index (χ1v) is 8.23. The molecular weight excluding hydrogens is 265 g/mol. The molecule has 1 aliphatic rings. The van der Waals surface area contributed by atoms with Crippen LogP contribution in [0.4, 0.5) is 10.2 Å². The molecule has 0 radical (unpaired) electrons. The third-order valence-corrected chi connectivity index (χ3v) is 3.79. The molecule has 0 aliphatic heterocycles. The fourth-order valence-electron chi connectivity index (χ4n) is 2.53. The molecule has 0 saturated heterocycles. The van der Waals surface area contributed by atoms with Gasteiger partial charge in [0.05, 0.1) is 6.20 Å². The number of unbranched alkanes of at least 4 members (excludes halogenated alkanes) is 1. The Morgan fingerprint density at radius 2 is 2.19 bits per heavy atom. The van der Waals surface area contributed by atoms with Crippen molar-refractivity contribution in [3.05, 3.63) is 23.6 Å².